The van der Waals surface area contributed by atoms with Gasteiger partial charge in [0.15, 0.2) is 0 Å². The number of amides is 1. The summed E-state index contributed by atoms with van der Waals surface area (Å²) < 4.78 is 0. The molecule has 0 spiro atoms. The van der Waals surface area contributed by atoms with Crippen molar-refractivity contribution in [1.29, 1.82) is 0 Å². The first kappa shape index (κ1) is 13.4. The van der Waals surface area contributed by atoms with Crippen LogP contribution in [-0.4, -0.2) is 28.9 Å². The van der Waals surface area contributed by atoms with Gasteiger partial charge in [0.05, 0.1) is 5.71 Å². The van der Waals surface area contributed by atoms with Gasteiger partial charge in [-0.3, -0.25) is 4.79 Å². The minimum Gasteiger partial charge on any atom is -0.507 e. The van der Waals surface area contributed by atoms with Crippen LogP contribution in [0.3, 0.4) is 0 Å². The van der Waals surface area contributed by atoms with Crippen molar-refractivity contribution in [3.63, 3.8) is 0 Å². The number of phenolic OH excluding ortho intramolecular Hbond substituents is 1. The Balaban J connectivity index is 2.00. The van der Waals surface area contributed by atoms with Gasteiger partial charge >= 0.3 is 0 Å². The van der Waals surface area contributed by atoms with Crippen LogP contribution in [0.25, 0.3) is 0 Å². The van der Waals surface area contributed by atoms with E-state index in [2.05, 4.69) is 10.5 Å². The fourth-order valence-corrected chi connectivity index (χ4v) is 1.83. The smallest absolute Gasteiger partial charge is 0.264 e. The highest BCUT2D eigenvalue weighted by molar-refractivity contribution is 6.05. The molecule has 2 N–H and O–H groups in total. The Hall–Kier alpha value is -2.04. The van der Waals surface area contributed by atoms with Crippen LogP contribution in [0.2, 0.25) is 0 Å². The summed E-state index contributed by atoms with van der Waals surface area (Å²) in [5, 5.41) is 16.5. The molecule has 1 aromatic rings. The second-order valence-corrected chi connectivity index (χ2v) is 4.67. The average Bonchev–Trinajstić information content (AvgIpc) is 2.88. The highest BCUT2D eigenvalue weighted by Gasteiger charge is 2.30. The van der Waals surface area contributed by atoms with Gasteiger partial charge in [0.2, 0.25) is 6.10 Å². The number of benzene rings is 1. The van der Waals surface area contributed by atoms with E-state index in [0.29, 0.717) is 17.7 Å². The molecule has 2 atom stereocenters. The van der Waals surface area contributed by atoms with Crippen LogP contribution >= 0.6 is 0 Å². The van der Waals surface area contributed by atoms with Gasteiger partial charge in [-0.2, -0.15) is 0 Å². The van der Waals surface area contributed by atoms with E-state index in [1.54, 1.807) is 18.2 Å². The number of phenols is 1. The third-order valence-electron chi connectivity index (χ3n) is 3.18. The third kappa shape index (κ3) is 3.05. The van der Waals surface area contributed by atoms with Crippen molar-refractivity contribution in [3.05, 3.63) is 29.8 Å². The Morgan fingerprint density at radius 2 is 2.32 bits per heavy atom. The fraction of sp³-hybridized carbons (Fsp3) is 0.429. The molecule has 1 aliphatic heterocycles. The molecule has 0 unspecified atom stereocenters. The van der Waals surface area contributed by atoms with Crippen molar-refractivity contribution in [3.8, 4) is 5.75 Å². The molecule has 5 heteroatoms. The maximum absolute atomic E-state index is 11.9. The lowest BCUT2D eigenvalue weighted by atomic mass is 10.0. The largest absolute Gasteiger partial charge is 0.507 e. The second-order valence-electron chi connectivity index (χ2n) is 4.67. The van der Waals surface area contributed by atoms with Gasteiger partial charge in [0, 0.05) is 18.0 Å². The standard InChI is InChI=1S/C14H18N2O3/c1-3-9(2)15-14(18)13-8-11(16-19-13)10-6-4-5-7-12(10)17/h4-7,9,13,17H,3,8H2,1-2H3,(H,15,18)/t9-,13+/m1/s1. The topological polar surface area (TPSA) is 70.9 Å². The van der Waals surface area contributed by atoms with Crippen LogP contribution in [0, 0.1) is 0 Å². The molecular weight excluding hydrogens is 244 g/mol. The molecule has 0 fully saturated rings. The van der Waals surface area contributed by atoms with Gasteiger partial charge in [-0.1, -0.05) is 24.2 Å². The lowest BCUT2D eigenvalue weighted by molar-refractivity contribution is -0.131. The summed E-state index contributed by atoms with van der Waals surface area (Å²) >= 11 is 0. The number of aromatic hydroxyl groups is 1. The number of hydrogen-bond acceptors (Lipinski definition) is 4. The van der Waals surface area contributed by atoms with Gasteiger partial charge < -0.3 is 15.3 Å². The van der Waals surface area contributed by atoms with E-state index in [1.807, 2.05) is 19.9 Å². The Morgan fingerprint density at radius 3 is 3.00 bits per heavy atom. The van der Waals surface area contributed by atoms with Crippen LogP contribution in [-0.2, 0) is 9.63 Å². The Morgan fingerprint density at radius 1 is 1.58 bits per heavy atom. The summed E-state index contributed by atoms with van der Waals surface area (Å²) in [5.74, 6) is -0.0173. The normalized spacial score (nSPS) is 19.5. The summed E-state index contributed by atoms with van der Waals surface area (Å²) in [5.41, 5.74) is 1.21. The van der Waals surface area contributed by atoms with Crippen LogP contribution in [0.4, 0.5) is 0 Å². The molecule has 0 saturated heterocycles. The van der Waals surface area contributed by atoms with Crippen LogP contribution < -0.4 is 5.32 Å². The predicted molar refractivity (Wildman–Crippen MR) is 72.0 cm³/mol. The maximum atomic E-state index is 11.9. The molecular formula is C14H18N2O3. The number of nitrogens with zero attached hydrogens (tertiary/aromatic N) is 1. The zero-order valence-corrected chi connectivity index (χ0v) is 11.1. The summed E-state index contributed by atoms with van der Waals surface area (Å²) in [6.45, 7) is 3.95. The lowest BCUT2D eigenvalue weighted by Crippen LogP contribution is -2.39. The van der Waals surface area contributed by atoms with Crippen molar-refractivity contribution in [2.45, 2.75) is 38.8 Å². The minimum absolute atomic E-state index is 0.116. The summed E-state index contributed by atoms with van der Waals surface area (Å²) in [7, 11) is 0. The Bertz CT molecular complexity index is 499. The van der Waals surface area contributed by atoms with E-state index >= 15 is 0 Å². The van der Waals surface area contributed by atoms with E-state index < -0.39 is 6.10 Å². The first-order valence-electron chi connectivity index (χ1n) is 6.43. The van der Waals surface area contributed by atoms with Gasteiger partial charge in [-0.05, 0) is 25.5 Å². The van der Waals surface area contributed by atoms with Gasteiger partial charge in [-0.25, -0.2) is 0 Å². The molecule has 5 nitrogen and oxygen atoms in total. The second kappa shape index (κ2) is 5.73. The molecule has 1 heterocycles. The van der Waals surface area contributed by atoms with E-state index in [0.717, 1.165) is 6.42 Å². The number of hydrogen-bond donors (Lipinski definition) is 2. The molecule has 1 aromatic carbocycles. The Labute approximate surface area is 112 Å². The van der Waals surface area contributed by atoms with Crippen LogP contribution in [0.1, 0.15) is 32.3 Å². The predicted octanol–water partition coefficient (Wildman–Crippen LogP) is 1.80. The zero-order valence-electron chi connectivity index (χ0n) is 11.1. The number of carbonyl (C=O) groups is 1. The first-order chi connectivity index (χ1) is 9.11. The zero-order chi connectivity index (χ0) is 13.8. The van der Waals surface area contributed by atoms with Crippen LogP contribution in [0.5, 0.6) is 5.75 Å². The molecule has 1 amide bonds. The monoisotopic (exact) mass is 262 g/mol. The highest BCUT2D eigenvalue weighted by atomic mass is 16.6. The number of para-hydroxylation sites is 1. The summed E-state index contributed by atoms with van der Waals surface area (Å²) in [4.78, 5) is 17.1. The van der Waals surface area contributed by atoms with Gasteiger partial charge in [0.1, 0.15) is 5.75 Å². The number of oxime groups is 1. The maximum Gasteiger partial charge on any atom is 0.264 e. The fourth-order valence-electron chi connectivity index (χ4n) is 1.83. The van der Waals surface area contributed by atoms with Gasteiger partial charge in [-0.15, -0.1) is 0 Å². The molecule has 0 radical (unpaired) electrons. The number of rotatable bonds is 4. The van der Waals surface area contributed by atoms with E-state index in [1.165, 1.54) is 0 Å². The van der Waals surface area contributed by atoms with Crippen LogP contribution in [0.15, 0.2) is 29.4 Å². The molecule has 2 rings (SSSR count). The average molecular weight is 262 g/mol. The number of carbonyl (C=O) groups excluding carboxylic acids is 1. The number of nitrogens with one attached hydrogen (secondary N) is 1. The summed E-state index contributed by atoms with van der Waals surface area (Å²) in [6.07, 6.45) is 0.634. The molecule has 0 aromatic heterocycles. The van der Waals surface area contributed by atoms with Crippen molar-refractivity contribution in [2.75, 3.05) is 0 Å². The van der Waals surface area contributed by atoms with E-state index in [-0.39, 0.29) is 17.7 Å². The van der Waals surface area contributed by atoms with Crippen molar-refractivity contribution >= 4 is 11.6 Å². The molecule has 1 aliphatic rings. The molecule has 102 valence electrons. The van der Waals surface area contributed by atoms with E-state index in [4.69, 9.17) is 4.84 Å². The van der Waals surface area contributed by atoms with E-state index in [9.17, 15) is 9.90 Å². The molecule has 0 bridgehead atoms. The van der Waals surface area contributed by atoms with Crippen molar-refractivity contribution in [1.82, 2.24) is 5.32 Å². The Kier molecular flexibility index (Phi) is 4.04. The molecule has 19 heavy (non-hydrogen) atoms. The van der Waals surface area contributed by atoms with Crippen molar-refractivity contribution in [2.24, 2.45) is 5.16 Å². The quantitative estimate of drug-likeness (QED) is 0.869. The van der Waals surface area contributed by atoms with Gasteiger partial charge in [0.25, 0.3) is 5.91 Å². The lowest BCUT2D eigenvalue weighted by Gasteiger charge is -2.14. The highest BCUT2D eigenvalue weighted by Crippen LogP contribution is 2.23. The van der Waals surface area contributed by atoms with Crippen molar-refractivity contribution < 1.29 is 14.7 Å². The minimum atomic E-state index is -0.608. The third-order valence-corrected chi connectivity index (χ3v) is 3.18. The first-order valence-corrected chi connectivity index (χ1v) is 6.43. The SMILES string of the molecule is CC[C@@H](C)NC(=O)[C@@H]1CC(c2ccccc2O)=NO1. The summed E-state index contributed by atoms with van der Waals surface area (Å²) in [6, 6.07) is 7.01. The molecule has 0 aliphatic carbocycles. The molecule has 0 saturated carbocycles.